The quantitative estimate of drug-likeness (QED) is 0.887. The Balaban J connectivity index is 2.07. The molecule has 1 aromatic heterocycles. The van der Waals surface area contributed by atoms with Crippen LogP contribution in [0.4, 0.5) is 5.95 Å². The van der Waals surface area contributed by atoms with Gasteiger partial charge in [0.15, 0.2) is 0 Å². The number of nitrogens with zero attached hydrogens (tertiary/aromatic N) is 3. The van der Waals surface area contributed by atoms with Crippen molar-refractivity contribution in [1.82, 2.24) is 9.97 Å². The monoisotopic (exact) mass is 249 g/mol. The molecule has 1 aliphatic heterocycles. The average Bonchev–Trinajstić information content (AvgIpc) is 2.39. The Morgan fingerprint density at radius 2 is 2.06 bits per heavy atom. The number of hydrogen-bond donors (Lipinski definition) is 1. The lowest BCUT2D eigenvalue weighted by Gasteiger charge is -2.34. The fraction of sp³-hybridized carbons (Fsp3) is 0.714. The minimum absolute atomic E-state index is 0.190. The van der Waals surface area contributed by atoms with Crippen LogP contribution >= 0.6 is 0 Å². The molecule has 1 N–H and O–H groups in total. The molecule has 100 valence electrons. The third kappa shape index (κ3) is 3.19. The van der Waals surface area contributed by atoms with Crippen molar-refractivity contribution in [2.75, 3.05) is 18.1 Å². The van der Waals surface area contributed by atoms with E-state index in [1.807, 2.05) is 12.4 Å². The van der Waals surface area contributed by atoms with Gasteiger partial charge in [0.05, 0.1) is 12.6 Å². The minimum atomic E-state index is 0.190. The molecule has 1 aliphatic rings. The first kappa shape index (κ1) is 13.3. The molecule has 2 heterocycles. The summed E-state index contributed by atoms with van der Waals surface area (Å²) in [6, 6.07) is 0.190. The van der Waals surface area contributed by atoms with Crippen molar-refractivity contribution in [3.63, 3.8) is 0 Å². The lowest BCUT2D eigenvalue weighted by atomic mass is 10.0. The van der Waals surface area contributed by atoms with E-state index in [1.54, 1.807) is 0 Å². The van der Waals surface area contributed by atoms with Gasteiger partial charge in [-0.3, -0.25) is 0 Å². The summed E-state index contributed by atoms with van der Waals surface area (Å²) < 4.78 is 0. The van der Waals surface area contributed by atoms with Gasteiger partial charge in [0.2, 0.25) is 5.95 Å². The smallest absolute Gasteiger partial charge is 0.225 e. The second kappa shape index (κ2) is 6.14. The summed E-state index contributed by atoms with van der Waals surface area (Å²) in [4.78, 5) is 11.1. The van der Waals surface area contributed by atoms with Crippen molar-refractivity contribution in [3.8, 4) is 0 Å². The van der Waals surface area contributed by atoms with Crippen molar-refractivity contribution in [2.24, 2.45) is 5.92 Å². The van der Waals surface area contributed by atoms with E-state index in [1.165, 1.54) is 12.0 Å². The number of piperidine rings is 1. The summed E-state index contributed by atoms with van der Waals surface area (Å²) in [5.41, 5.74) is 1.19. The highest BCUT2D eigenvalue weighted by molar-refractivity contribution is 5.32. The number of aliphatic hydroxyl groups excluding tert-OH is 1. The van der Waals surface area contributed by atoms with Crippen LogP contribution in [0.25, 0.3) is 0 Å². The van der Waals surface area contributed by atoms with E-state index in [0.717, 1.165) is 31.8 Å². The Hall–Kier alpha value is -1.16. The molecule has 4 heteroatoms. The first-order chi connectivity index (χ1) is 8.70. The zero-order chi connectivity index (χ0) is 13.0. The lowest BCUT2D eigenvalue weighted by Crippen LogP contribution is -2.42. The molecule has 0 saturated carbocycles. The molecule has 1 unspecified atom stereocenters. The molecule has 0 amide bonds. The summed E-state index contributed by atoms with van der Waals surface area (Å²) in [5, 5.41) is 9.40. The Morgan fingerprint density at radius 1 is 1.33 bits per heavy atom. The maximum absolute atomic E-state index is 9.40. The van der Waals surface area contributed by atoms with E-state index in [-0.39, 0.29) is 12.6 Å². The topological polar surface area (TPSA) is 49.2 Å². The van der Waals surface area contributed by atoms with Gasteiger partial charge in [-0.25, -0.2) is 9.97 Å². The Bertz CT molecular complexity index is 364. The number of rotatable bonds is 4. The van der Waals surface area contributed by atoms with Gasteiger partial charge < -0.3 is 10.0 Å². The maximum atomic E-state index is 9.40. The highest BCUT2D eigenvalue weighted by atomic mass is 16.3. The summed E-state index contributed by atoms with van der Waals surface area (Å²) >= 11 is 0. The van der Waals surface area contributed by atoms with Crippen LogP contribution in [0.1, 0.15) is 38.7 Å². The second-order valence-electron chi connectivity index (χ2n) is 5.51. The van der Waals surface area contributed by atoms with Crippen molar-refractivity contribution in [1.29, 1.82) is 0 Å². The molecule has 0 aromatic carbocycles. The van der Waals surface area contributed by atoms with Crippen LogP contribution in [0, 0.1) is 5.92 Å². The molecule has 4 nitrogen and oxygen atoms in total. The summed E-state index contributed by atoms with van der Waals surface area (Å²) in [6.07, 6.45) is 8.24. The molecule has 0 bridgehead atoms. The Labute approximate surface area is 109 Å². The normalized spacial score (nSPS) is 20.4. The predicted octanol–water partition coefficient (Wildman–Crippen LogP) is 2.03. The van der Waals surface area contributed by atoms with E-state index >= 15 is 0 Å². The van der Waals surface area contributed by atoms with Gasteiger partial charge in [0, 0.05) is 18.9 Å². The molecule has 0 spiro atoms. The van der Waals surface area contributed by atoms with Crippen LogP contribution < -0.4 is 4.90 Å². The minimum Gasteiger partial charge on any atom is -0.394 e. The van der Waals surface area contributed by atoms with E-state index in [0.29, 0.717) is 5.92 Å². The van der Waals surface area contributed by atoms with Crippen molar-refractivity contribution < 1.29 is 5.11 Å². The zero-order valence-corrected chi connectivity index (χ0v) is 11.3. The highest BCUT2D eigenvalue weighted by Crippen LogP contribution is 2.21. The lowest BCUT2D eigenvalue weighted by molar-refractivity contribution is 0.239. The summed E-state index contributed by atoms with van der Waals surface area (Å²) in [7, 11) is 0. The number of aliphatic hydroxyl groups is 1. The highest BCUT2D eigenvalue weighted by Gasteiger charge is 2.23. The van der Waals surface area contributed by atoms with Crippen LogP contribution in [0.2, 0.25) is 0 Å². The standard InChI is InChI=1S/C14H23N3O/c1-11(2)7-12-8-15-14(16-9-12)17-6-4-3-5-13(17)10-18/h8-9,11,13,18H,3-7,10H2,1-2H3. The molecule has 1 saturated heterocycles. The fourth-order valence-electron chi connectivity index (χ4n) is 2.53. The average molecular weight is 249 g/mol. The first-order valence-corrected chi connectivity index (χ1v) is 6.89. The van der Waals surface area contributed by atoms with Gasteiger partial charge in [-0.15, -0.1) is 0 Å². The molecule has 1 atom stereocenters. The molecule has 18 heavy (non-hydrogen) atoms. The molecule has 1 fully saturated rings. The van der Waals surface area contributed by atoms with Crippen molar-refractivity contribution in [2.45, 2.75) is 45.6 Å². The van der Waals surface area contributed by atoms with E-state index in [2.05, 4.69) is 28.7 Å². The van der Waals surface area contributed by atoms with Gasteiger partial charge in [0.1, 0.15) is 0 Å². The maximum Gasteiger partial charge on any atom is 0.225 e. The van der Waals surface area contributed by atoms with Crippen LogP contribution in [0.5, 0.6) is 0 Å². The molecular weight excluding hydrogens is 226 g/mol. The van der Waals surface area contributed by atoms with Crippen LogP contribution in [-0.4, -0.2) is 34.3 Å². The van der Waals surface area contributed by atoms with E-state index in [9.17, 15) is 5.11 Å². The predicted molar refractivity (Wildman–Crippen MR) is 72.6 cm³/mol. The fourth-order valence-corrected chi connectivity index (χ4v) is 2.53. The number of anilines is 1. The van der Waals surface area contributed by atoms with Gasteiger partial charge in [-0.2, -0.15) is 0 Å². The van der Waals surface area contributed by atoms with E-state index in [4.69, 9.17) is 0 Å². The number of aromatic nitrogens is 2. The van der Waals surface area contributed by atoms with Gasteiger partial charge >= 0.3 is 0 Å². The van der Waals surface area contributed by atoms with Gasteiger partial charge in [0.25, 0.3) is 0 Å². The van der Waals surface area contributed by atoms with Crippen LogP contribution in [-0.2, 0) is 6.42 Å². The third-order valence-electron chi connectivity index (χ3n) is 3.43. The molecule has 1 aromatic rings. The Kier molecular flexibility index (Phi) is 4.53. The Morgan fingerprint density at radius 3 is 2.67 bits per heavy atom. The van der Waals surface area contributed by atoms with Crippen molar-refractivity contribution >= 4 is 5.95 Å². The summed E-state index contributed by atoms with van der Waals surface area (Å²) in [5.74, 6) is 1.39. The third-order valence-corrected chi connectivity index (χ3v) is 3.43. The zero-order valence-electron chi connectivity index (χ0n) is 11.3. The molecule has 0 aliphatic carbocycles. The molecule has 2 rings (SSSR count). The first-order valence-electron chi connectivity index (χ1n) is 6.89. The molecular formula is C14H23N3O. The second-order valence-corrected chi connectivity index (χ2v) is 5.51. The van der Waals surface area contributed by atoms with Crippen LogP contribution in [0.15, 0.2) is 12.4 Å². The largest absolute Gasteiger partial charge is 0.394 e. The molecule has 0 radical (unpaired) electrons. The summed E-state index contributed by atoms with van der Waals surface area (Å²) in [6.45, 7) is 5.53. The van der Waals surface area contributed by atoms with Gasteiger partial charge in [-0.1, -0.05) is 13.8 Å². The van der Waals surface area contributed by atoms with Crippen molar-refractivity contribution in [3.05, 3.63) is 18.0 Å². The van der Waals surface area contributed by atoms with Gasteiger partial charge in [-0.05, 0) is 37.2 Å². The van der Waals surface area contributed by atoms with Crippen LogP contribution in [0.3, 0.4) is 0 Å². The number of hydrogen-bond acceptors (Lipinski definition) is 4. The SMILES string of the molecule is CC(C)Cc1cnc(N2CCCCC2CO)nc1. The van der Waals surface area contributed by atoms with E-state index < -0.39 is 0 Å².